The number of aromatic hydroxyl groups is 1. The second-order valence-electron chi connectivity index (χ2n) is 5.72. The van der Waals surface area contributed by atoms with E-state index < -0.39 is 5.91 Å². The van der Waals surface area contributed by atoms with Gasteiger partial charge < -0.3 is 14.6 Å². The molecule has 28 heavy (non-hydrogen) atoms. The van der Waals surface area contributed by atoms with Crippen LogP contribution in [0.2, 0.25) is 5.02 Å². The van der Waals surface area contributed by atoms with Crippen molar-refractivity contribution in [2.24, 2.45) is 5.10 Å². The zero-order valence-electron chi connectivity index (χ0n) is 14.9. The minimum atomic E-state index is -0.441. The number of carbonyl (C=O) groups is 1. The van der Waals surface area contributed by atoms with Crippen molar-refractivity contribution >= 4 is 23.7 Å². The van der Waals surface area contributed by atoms with E-state index in [4.69, 9.17) is 21.1 Å². The van der Waals surface area contributed by atoms with Crippen LogP contribution in [-0.2, 0) is 0 Å². The van der Waals surface area contributed by atoms with E-state index in [1.807, 2.05) is 42.5 Å². The Morgan fingerprint density at radius 1 is 1.04 bits per heavy atom. The lowest BCUT2D eigenvalue weighted by Crippen LogP contribution is -2.17. The minimum Gasteiger partial charge on any atom is -0.506 e. The number of methoxy groups -OCH3 is 1. The zero-order valence-corrected chi connectivity index (χ0v) is 15.7. The van der Waals surface area contributed by atoms with E-state index in [1.54, 1.807) is 13.2 Å². The van der Waals surface area contributed by atoms with Crippen LogP contribution in [0.1, 0.15) is 15.9 Å². The molecule has 2 N–H and O–H groups in total. The molecule has 0 saturated carbocycles. The Labute approximate surface area is 167 Å². The summed E-state index contributed by atoms with van der Waals surface area (Å²) in [5.74, 6) is 1.52. The van der Waals surface area contributed by atoms with Gasteiger partial charge in [0.25, 0.3) is 5.91 Å². The third-order valence-corrected chi connectivity index (χ3v) is 4.05. The highest BCUT2D eigenvalue weighted by molar-refractivity contribution is 6.32. The van der Waals surface area contributed by atoms with E-state index in [0.29, 0.717) is 11.5 Å². The van der Waals surface area contributed by atoms with E-state index in [2.05, 4.69) is 10.5 Å². The van der Waals surface area contributed by atoms with E-state index in [1.165, 1.54) is 24.4 Å². The highest BCUT2D eigenvalue weighted by Gasteiger charge is 2.07. The first kappa shape index (κ1) is 19.3. The topological polar surface area (TPSA) is 80.2 Å². The van der Waals surface area contributed by atoms with Crippen LogP contribution in [0.3, 0.4) is 0 Å². The summed E-state index contributed by atoms with van der Waals surface area (Å²) in [4.78, 5) is 12.1. The lowest BCUT2D eigenvalue weighted by molar-refractivity contribution is 0.0955. The predicted molar refractivity (Wildman–Crippen MR) is 108 cm³/mol. The molecular formula is C21H17ClN2O4. The summed E-state index contributed by atoms with van der Waals surface area (Å²) >= 11 is 5.80. The van der Waals surface area contributed by atoms with Crippen LogP contribution < -0.4 is 14.9 Å². The number of benzene rings is 3. The van der Waals surface area contributed by atoms with Gasteiger partial charge in [0.05, 0.1) is 18.3 Å². The molecule has 0 aromatic heterocycles. The maximum Gasteiger partial charge on any atom is 0.271 e. The highest BCUT2D eigenvalue weighted by Crippen LogP contribution is 2.25. The SMILES string of the molecule is COc1ccc(Oc2cccc(C=NNC(=O)c3ccc(O)c(Cl)c3)c2)cc1. The third kappa shape index (κ3) is 5.02. The van der Waals surface area contributed by atoms with Crippen LogP contribution in [0.5, 0.6) is 23.0 Å². The number of ether oxygens (including phenoxy) is 2. The Balaban J connectivity index is 1.63. The second-order valence-corrected chi connectivity index (χ2v) is 6.12. The number of hydrogen-bond acceptors (Lipinski definition) is 5. The maximum atomic E-state index is 12.1. The van der Waals surface area contributed by atoms with Crippen LogP contribution in [0.15, 0.2) is 71.8 Å². The summed E-state index contributed by atoms with van der Waals surface area (Å²) in [5, 5.41) is 13.4. The molecule has 0 atom stereocenters. The number of phenols is 1. The zero-order chi connectivity index (χ0) is 19.9. The quantitative estimate of drug-likeness (QED) is 0.471. The second kappa shape index (κ2) is 8.92. The number of hydrazone groups is 1. The van der Waals surface area contributed by atoms with Gasteiger partial charge in [0.15, 0.2) is 0 Å². The molecule has 0 aliphatic carbocycles. The summed E-state index contributed by atoms with van der Waals surface area (Å²) in [6.45, 7) is 0. The van der Waals surface area contributed by atoms with Crippen molar-refractivity contribution in [3.05, 3.63) is 82.9 Å². The Bertz CT molecular complexity index is 1000. The summed E-state index contributed by atoms with van der Waals surface area (Å²) in [6, 6.07) is 18.7. The smallest absolute Gasteiger partial charge is 0.271 e. The number of carbonyl (C=O) groups excluding carboxylic acids is 1. The minimum absolute atomic E-state index is 0.0876. The summed E-state index contributed by atoms with van der Waals surface area (Å²) in [7, 11) is 1.60. The first-order chi connectivity index (χ1) is 13.5. The van der Waals surface area contributed by atoms with Crippen LogP contribution in [0.25, 0.3) is 0 Å². The third-order valence-electron chi connectivity index (χ3n) is 3.74. The molecule has 0 fully saturated rings. The number of nitrogens with zero attached hydrogens (tertiary/aromatic N) is 1. The number of halogens is 1. The number of phenolic OH excluding ortho intramolecular Hbond substituents is 1. The number of amides is 1. The van der Waals surface area contributed by atoms with Crippen LogP contribution >= 0.6 is 11.6 Å². The first-order valence-electron chi connectivity index (χ1n) is 8.29. The molecule has 3 rings (SSSR count). The van der Waals surface area contributed by atoms with Gasteiger partial charge in [-0.3, -0.25) is 4.79 Å². The van der Waals surface area contributed by atoms with Gasteiger partial charge in [-0.15, -0.1) is 0 Å². The molecule has 3 aromatic rings. The standard InChI is InChI=1S/C21H17ClN2O4/c1-27-16-6-8-17(9-7-16)28-18-4-2-3-14(11-18)13-23-24-21(26)15-5-10-20(25)19(22)12-15/h2-13,25H,1H3,(H,24,26). The normalized spacial score (nSPS) is 10.6. The Morgan fingerprint density at radius 3 is 2.50 bits per heavy atom. The average molecular weight is 397 g/mol. The molecule has 6 nitrogen and oxygen atoms in total. The number of nitrogens with one attached hydrogen (secondary N) is 1. The predicted octanol–water partition coefficient (Wildman–Crippen LogP) is 4.61. The summed E-state index contributed by atoms with van der Waals surface area (Å²) in [5.41, 5.74) is 3.45. The fourth-order valence-electron chi connectivity index (χ4n) is 2.32. The molecule has 142 valence electrons. The molecule has 0 unspecified atom stereocenters. The lowest BCUT2D eigenvalue weighted by atomic mass is 10.2. The Hall–Kier alpha value is -3.51. The molecular weight excluding hydrogens is 380 g/mol. The Kier molecular flexibility index (Phi) is 6.14. The molecule has 0 spiro atoms. The van der Waals surface area contributed by atoms with Gasteiger partial charge in [-0.25, -0.2) is 5.43 Å². The molecule has 0 saturated heterocycles. The van der Waals surface area contributed by atoms with Crippen LogP contribution in [-0.4, -0.2) is 24.3 Å². The summed E-state index contributed by atoms with van der Waals surface area (Å²) in [6.07, 6.45) is 1.50. The van der Waals surface area contributed by atoms with Gasteiger partial charge in [-0.05, 0) is 60.2 Å². The van der Waals surface area contributed by atoms with Crippen molar-refractivity contribution in [3.8, 4) is 23.0 Å². The van der Waals surface area contributed by atoms with Crippen molar-refractivity contribution in [1.29, 1.82) is 0 Å². The van der Waals surface area contributed by atoms with E-state index in [0.717, 1.165) is 11.3 Å². The van der Waals surface area contributed by atoms with Crippen LogP contribution in [0.4, 0.5) is 0 Å². The molecule has 0 radical (unpaired) electrons. The molecule has 0 aliphatic heterocycles. The molecule has 3 aromatic carbocycles. The first-order valence-corrected chi connectivity index (χ1v) is 8.67. The van der Waals surface area contributed by atoms with Crippen molar-refractivity contribution in [2.45, 2.75) is 0 Å². The number of rotatable bonds is 6. The van der Waals surface area contributed by atoms with Gasteiger partial charge in [0.1, 0.15) is 23.0 Å². The van der Waals surface area contributed by atoms with Crippen molar-refractivity contribution in [1.82, 2.24) is 5.43 Å². The van der Waals surface area contributed by atoms with Crippen molar-refractivity contribution in [2.75, 3.05) is 7.11 Å². The monoisotopic (exact) mass is 396 g/mol. The van der Waals surface area contributed by atoms with Crippen LogP contribution in [0, 0.1) is 0 Å². The maximum absolute atomic E-state index is 12.1. The van der Waals surface area contributed by atoms with Crippen molar-refractivity contribution < 1.29 is 19.4 Å². The largest absolute Gasteiger partial charge is 0.506 e. The van der Waals surface area contributed by atoms with Gasteiger partial charge >= 0.3 is 0 Å². The average Bonchev–Trinajstić information content (AvgIpc) is 2.71. The molecule has 0 bridgehead atoms. The van der Waals surface area contributed by atoms with Gasteiger partial charge in [0.2, 0.25) is 0 Å². The fraction of sp³-hybridized carbons (Fsp3) is 0.0476. The fourth-order valence-corrected chi connectivity index (χ4v) is 2.50. The number of hydrogen-bond donors (Lipinski definition) is 2. The highest BCUT2D eigenvalue weighted by atomic mass is 35.5. The molecule has 0 heterocycles. The molecule has 7 heteroatoms. The summed E-state index contributed by atoms with van der Waals surface area (Å²) < 4.78 is 10.9. The Morgan fingerprint density at radius 2 is 1.79 bits per heavy atom. The van der Waals surface area contributed by atoms with Gasteiger partial charge in [-0.1, -0.05) is 23.7 Å². The van der Waals surface area contributed by atoms with E-state index in [-0.39, 0.29) is 16.3 Å². The van der Waals surface area contributed by atoms with Crippen molar-refractivity contribution in [3.63, 3.8) is 0 Å². The van der Waals surface area contributed by atoms with E-state index in [9.17, 15) is 9.90 Å². The lowest BCUT2D eigenvalue weighted by Gasteiger charge is -2.07. The van der Waals surface area contributed by atoms with Gasteiger partial charge in [0, 0.05) is 5.56 Å². The molecule has 1 amide bonds. The van der Waals surface area contributed by atoms with E-state index >= 15 is 0 Å². The van der Waals surface area contributed by atoms with Gasteiger partial charge in [-0.2, -0.15) is 5.10 Å². The molecule has 0 aliphatic rings.